The first-order valence-electron chi connectivity index (χ1n) is 6.58. The molecule has 0 aliphatic heterocycles. The molecule has 1 N–H and O–H groups in total. The molecule has 1 aliphatic rings. The van der Waals surface area contributed by atoms with E-state index in [0.29, 0.717) is 15.8 Å². The third-order valence-electron chi connectivity index (χ3n) is 4.31. The van der Waals surface area contributed by atoms with Gasteiger partial charge in [-0.15, -0.1) is 0 Å². The SMILES string of the molecule is COc1cc(F)c(Br)cc1C(O)C1CCCC1(C)C. The largest absolute Gasteiger partial charge is 0.496 e. The van der Waals surface area contributed by atoms with Crippen molar-refractivity contribution in [3.05, 3.63) is 28.0 Å². The number of halogens is 2. The quantitative estimate of drug-likeness (QED) is 0.886. The van der Waals surface area contributed by atoms with E-state index in [1.165, 1.54) is 13.2 Å². The van der Waals surface area contributed by atoms with Crippen LogP contribution < -0.4 is 4.74 Å². The maximum atomic E-state index is 13.5. The highest BCUT2D eigenvalue weighted by atomic mass is 79.9. The van der Waals surface area contributed by atoms with Gasteiger partial charge in [0.1, 0.15) is 11.6 Å². The Morgan fingerprint density at radius 3 is 2.68 bits per heavy atom. The fourth-order valence-electron chi connectivity index (χ4n) is 3.11. The second-order valence-electron chi connectivity index (χ2n) is 5.94. The van der Waals surface area contributed by atoms with Crippen LogP contribution in [0.2, 0.25) is 0 Å². The van der Waals surface area contributed by atoms with Crippen LogP contribution in [0.4, 0.5) is 4.39 Å². The number of rotatable bonds is 3. The molecule has 0 aromatic heterocycles. The molecule has 0 spiro atoms. The lowest BCUT2D eigenvalue weighted by atomic mass is 9.76. The molecule has 1 saturated carbocycles. The van der Waals surface area contributed by atoms with Gasteiger partial charge in [0.2, 0.25) is 0 Å². The van der Waals surface area contributed by atoms with Gasteiger partial charge in [-0.3, -0.25) is 0 Å². The summed E-state index contributed by atoms with van der Waals surface area (Å²) in [7, 11) is 1.50. The molecule has 2 rings (SSSR count). The minimum atomic E-state index is -0.621. The van der Waals surface area contributed by atoms with Gasteiger partial charge in [0.05, 0.1) is 17.7 Å². The summed E-state index contributed by atoms with van der Waals surface area (Å²) in [5, 5.41) is 10.7. The number of aliphatic hydroxyl groups excluding tert-OH is 1. The maximum absolute atomic E-state index is 13.5. The predicted molar refractivity (Wildman–Crippen MR) is 76.7 cm³/mol. The maximum Gasteiger partial charge on any atom is 0.141 e. The monoisotopic (exact) mass is 330 g/mol. The zero-order valence-electron chi connectivity index (χ0n) is 11.5. The molecule has 2 nitrogen and oxygen atoms in total. The van der Waals surface area contributed by atoms with E-state index in [4.69, 9.17) is 4.74 Å². The number of hydrogen-bond donors (Lipinski definition) is 1. The van der Waals surface area contributed by atoms with E-state index in [-0.39, 0.29) is 17.2 Å². The molecule has 4 heteroatoms. The van der Waals surface area contributed by atoms with E-state index in [1.54, 1.807) is 6.07 Å². The van der Waals surface area contributed by atoms with Crippen molar-refractivity contribution in [2.45, 2.75) is 39.2 Å². The van der Waals surface area contributed by atoms with E-state index in [9.17, 15) is 9.50 Å². The topological polar surface area (TPSA) is 29.5 Å². The summed E-state index contributed by atoms with van der Waals surface area (Å²) in [5.74, 6) is 0.216. The summed E-state index contributed by atoms with van der Waals surface area (Å²) in [5.41, 5.74) is 0.765. The van der Waals surface area contributed by atoms with Crippen LogP contribution in [0.5, 0.6) is 5.75 Å². The van der Waals surface area contributed by atoms with Crippen molar-refractivity contribution in [1.82, 2.24) is 0 Å². The normalized spacial score (nSPS) is 23.4. The van der Waals surface area contributed by atoms with E-state index < -0.39 is 6.10 Å². The van der Waals surface area contributed by atoms with Crippen LogP contribution in [0.3, 0.4) is 0 Å². The molecular weight excluding hydrogens is 311 g/mol. The van der Waals surface area contributed by atoms with Crippen LogP contribution >= 0.6 is 15.9 Å². The highest BCUT2D eigenvalue weighted by Crippen LogP contribution is 2.50. The third kappa shape index (κ3) is 2.79. The fourth-order valence-corrected chi connectivity index (χ4v) is 3.47. The van der Waals surface area contributed by atoms with Gasteiger partial charge in [-0.1, -0.05) is 20.3 Å². The number of benzene rings is 1. The Morgan fingerprint density at radius 1 is 1.47 bits per heavy atom. The number of aliphatic hydroxyl groups is 1. The van der Waals surface area contributed by atoms with Gasteiger partial charge in [0.25, 0.3) is 0 Å². The van der Waals surface area contributed by atoms with Crippen LogP contribution in [-0.4, -0.2) is 12.2 Å². The van der Waals surface area contributed by atoms with Crippen molar-refractivity contribution in [3.8, 4) is 5.75 Å². The van der Waals surface area contributed by atoms with E-state index in [1.807, 2.05) is 0 Å². The smallest absolute Gasteiger partial charge is 0.141 e. The first-order chi connectivity index (χ1) is 8.86. The molecule has 0 amide bonds. The Balaban J connectivity index is 2.38. The van der Waals surface area contributed by atoms with Crippen LogP contribution in [0, 0.1) is 17.2 Å². The lowest BCUT2D eigenvalue weighted by Crippen LogP contribution is -2.24. The van der Waals surface area contributed by atoms with Gasteiger partial charge < -0.3 is 9.84 Å². The Kier molecular flexibility index (Phi) is 4.21. The summed E-state index contributed by atoms with van der Waals surface area (Å²) >= 11 is 3.17. The number of hydrogen-bond acceptors (Lipinski definition) is 2. The molecule has 0 radical (unpaired) electrons. The van der Waals surface area contributed by atoms with Gasteiger partial charge in [-0.2, -0.15) is 0 Å². The predicted octanol–water partition coefficient (Wildman–Crippen LogP) is 4.46. The molecule has 1 aliphatic carbocycles. The van der Waals surface area contributed by atoms with Crippen LogP contribution in [0.25, 0.3) is 0 Å². The molecule has 1 fully saturated rings. The molecule has 1 aromatic carbocycles. The van der Waals surface area contributed by atoms with Crippen molar-refractivity contribution in [1.29, 1.82) is 0 Å². The van der Waals surface area contributed by atoms with Crippen molar-refractivity contribution < 1.29 is 14.2 Å². The van der Waals surface area contributed by atoms with Gasteiger partial charge >= 0.3 is 0 Å². The number of methoxy groups -OCH3 is 1. The summed E-state index contributed by atoms with van der Waals surface area (Å²) in [4.78, 5) is 0. The van der Waals surface area contributed by atoms with Gasteiger partial charge in [-0.05, 0) is 46.2 Å². The molecule has 0 bridgehead atoms. The Morgan fingerprint density at radius 2 is 2.16 bits per heavy atom. The average molecular weight is 331 g/mol. The van der Waals surface area contributed by atoms with Gasteiger partial charge in [-0.25, -0.2) is 4.39 Å². The molecule has 106 valence electrons. The fraction of sp³-hybridized carbons (Fsp3) is 0.600. The van der Waals surface area contributed by atoms with E-state index in [0.717, 1.165) is 19.3 Å². The zero-order valence-corrected chi connectivity index (χ0v) is 13.1. The lowest BCUT2D eigenvalue weighted by molar-refractivity contribution is 0.0512. The highest BCUT2D eigenvalue weighted by molar-refractivity contribution is 9.10. The van der Waals surface area contributed by atoms with Crippen molar-refractivity contribution in [2.24, 2.45) is 11.3 Å². The zero-order chi connectivity index (χ0) is 14.2. The molecule has 1 aromatic rings. The Hall–Kier alpha value is -0.610. The minimum absolute atomic E-state index is 0.102. The highest BCUT2D eigenvalue weighted by Gasteiger charge is 2.40. The molecule has 0 heterocycles. The summed E-state index contributed by atoms with van der Waals surface area (Å²) in [6.07, 6.45) is 2.61. The summed E-state index contributed by atoms with van der Waals surface area (Å²) in [6.45, 7) is 4.36. The Bertz CT molecular complexity index is 473. The van der Waals surface area contributed by atoms with Crippen molar-refractivity contribution in [3.63, 3.8) is 0 Å². The number of ether oxygens (including phenoxy) is 1. The molecule has 19 heavy (non-hydrogen) atoms. The van der Waals surface area contributed by atoms with E-state index in [2.05, 4.69) is 29.8 Å². The average Bonchev–Trinajstić information content (AvgIpc) is 2.71. The molecule has 0 saturated heterocycles. The first kappa shape index (κ1) is 14.8. The minimum Gasteiger partial charge on any atom is -0.496 e. The molecule has 2 atom stereocenters. The van der Waals surface area contributed by atoms with Crippen molar-refractivity contribution in [2.75, 3.05) is 7.11 Å². The van der Waals surface area contributed by atoms with E-state index >= 15 is 0 Å². The van der Waals surface area contributed by atoms with Crippen molar-refractivity contribution >= 4 is 15.9 Å². The van der Waals surface area contributed by atoms with Gasteiger partial charge in [0.15, 0.2) is 0 Å². The third-order valence-corrected chi connectivity index (χ3v) is 4.92. The Labute approximate surface area is 122 Å². The van der Waals surface area contributed by atoms with Gasteiger partial charge in [0, 0.05) is 11.6 Å². The van der Waals surface area contributed by atoms with Crippen LogP contribution in [0.1, 0.15) is 44.8 Å². The summed E-state index contributed by atoms with van der Waals surface area (Å²) < 4.78 is 19.1. The van der Waals surface area contributed by atoms with Crippen LogP contribution in [-0.2, 0) is 0 Å². The van der Waals surface area contributed by atoms with Crippen LogP contribution in [0.15, 0.2) is 16.6 Å². The molecular formula is C15H20BrFO2. The lowest BCUT2D eigenvalue weighted by Gasteiger charge is -2.32. The standard InChI is InChI=1S/C15H20BrFO2/c1-15(2)6-4-5-10(15)14(18)9-7-11(16)12(17)8-13(9)19-3/h7-8,10,14,18H,4-6H2,1-3H3. The second kappa shape index (κ2) is 5.41. The first-order valence-corrected chi connectivity index (χ1v) is 7.37. The summed E-state index contributed by atoms with van der Waals surface area (Å²) in [6, 6.07) is 2.96. The second-order valence-corrected chi connectivity index (χ2v) is 6.79. The molecule has 2 unspecified atom stereocenters.